The molecule has 3 aromatic rings. The van der Waals surface area contributed by atoms with E-state index in [9.17, 15) is 21.6 Å². The molecule has 0 radical (unpaired) electrons. The maximum Gasteiger partial charge on any atom is 0.267 e. The number of hydrogen-bond acceptors (Lipinski definition) is 8. The van der Waals surface area contributed by atoms with Crippen LogP contribution in [0.4, 0.5) is 11.4 Å². The van der Waals surface area contributed by atoms with Crippen molar-refractivity contribution in [3.8, 4) is 0 Å². The van der Waals surface area contributed by atoms with Crippen LogP contribution < -0.4 is 10.0 Å². The average molecular weight is 598 g/mol. The highest BCUT2D eigenvalue weighted by Gasteiger charge is 2.31. The summed E-state index contributed by atoms with van der Waals surface area (Å²) < 4.78 is 54.3. The van der Waals surface area contributed by atoms with E-state index in [0.29, 0.717) is 23.8 Å². The molecule has 1 aliphatic rings. The standard InChI is InChI=1S/C24H24ClN3O5S4/c1-2-22(28-12-15-34-16-13-28)36(30,31)19-9-5-18(6-10-19)26-24(29)23-21(11-14-35-23)27-37(32,33)20-7-3-17(25)4-8-20/h2-11,14,22,27H,1,12-13,15-16H2,(H,26,29). The van der Waals surface area contributed by atoms with Gasteiger partial charge in [-0.2, -0.15) is 11.8 Å². The zero-order valence-electron chi connectivity index (χ0n) is 19.5. The number of benzene rings is 2. The Morgan fingerprint density at radius 2 is 1.59 bits per heavy atom. The van der Waals surface area contributed by atoms with Crippen LogP contribution in [0, 0.1) is 0 Å². The van der Waals surface area contributed by atoms with Crippen LogP contribution in [0.2, 0.25) is 5.02 Å². The van der Waals surface area contributed by atoms with Crippen molar-refractivity contribution in [3.63, 3.8) is 0 Å². The van der Waals surface area contributed by atoms with Crippen LogP contribution in [0.3, 0.4) is 0 Å². The van der Waals surface area contributed by atoms with Gasteiger partial charge in [-0.15, -0.1) is 17.9 Å². The molecule has 1 amide bonds. The van der Waals surface area contributed by atoms with Gasteiger partial charge in [0, 0.05) is 35.3 Å². The molecule has 1 atom stereocenters. The molecule has 4 rings (SSSR count). The van der Waals surface area contributed by atoms with Crippen LogP contribution in [0.25, 0.3) is 0 Å². The molecule has 0 spiro atoms. The molecule has 1 aliphatic heterocycles. The lowest BCUT2D eigenvalue weighted by molar-refractivity contribution is 0.103. The Hall–Kier alpha value is -2.35. The monoisotopic (exact) mass is 597 g/mol. The molecule has 1 unspecified atom stereocenters. The minimum absolute atomic E-state index is 0.00684. The Labute approximate surface area is 229 Å². The first-order chi connectivity index (χ1) is 17.6. The Morgan fingerprint density at radius 3 is 2.22 bits per heavy atom. The maximum absolute atomic E-state index is 13.2. The van der Waals surface area contributed by atoms with E-state index >= 15 is 0 Å². The summed E-state index contributed by atoms with van der Waals surface area (Å²) in [5.74, 6) is 1.20. The van der Waals surface area contributed by atoms with Crippen molar-refractivity contribution in [2.75, 3.05) is 34.6 Å². The van der Waals surface area contributed by atoms with Crippen molar-refractivity contribution in [1.82, 2.24) is 4.90 Å². The van der Waals surface area contributed by atoms with Crippen molar-refractivity contribution in [3.05, 3.63) is 82.5 Å². The summed E-state index contributed by atoms with van der Waals surface area (Å²) in [5.41, 5.74) is 0.499. The third-order valence-electron chi connectivity index (χ3n) is 5.61. The fraction of sp³-hybridized carbons (Fsp3) is 0.208. The molecule has 0 aliphatic carbocycles. The predicted molar refractivity (Wildman–Crippen MR) is 151 cm³/mol. The number of nitrogens with zero attached hydrogens (tertiary/aromatic N) is 1. The van der Waals surface area contributed by atoms with Crippen LogP contribution in [0.1, 0.15) is 9.67 Å². The summed E-state index contributed by atoms with van der Waals surface area (Å²) in [5, 5.41) is 3.87. The Morgan fingerprint density at radius 1 is 0.973 bits per heavy atom. The highest BCUT2D eigenvalue weighted by molar-refractivity contribution is 7.99. The Kier molecular flexibility index (Phi) is 8.66. The smallest absolute Gasteiger partial charge is 0.267 e. The summed E-state index contributed by atoms with van der Waals surface area (Å²) in [4.78, 5) is 15.1. The third kappa shape index (κ3) is 6.39. The fourth-order valence-corrected chi connectivity index (χ4v) is 8.33. The first-order valence-electron chi connectivity index (χ1n) is 11.1. The van der Waals surface area contributed by atoms with Crippen LogP contribution >= 0.6 is 34.7 Å². The number of carbonyl (C=O) groups is 1. The van der Waals surface area contributed by atoms with E-state index in [4.69, 9.17) is 11.6 Å². The molecule has 2 aromatic carbocycles. The van der Waals surface area contributed by atoms with Crippen molar-refractivity contribution >= 4 is 71.8 Å². The van der Waals surface area contributed by atoms with Gasteiger partial charge in [0.05, 0.1) is 15.5 Å². The number of carbonyl (C=O) groups excluding carboxylic acids is 1. The zero-order chi connectivity index (χ0) is 26.6. The lowest BCUT2D eigenvalue weighted by Crippen LogP contribution is -2.44. The van der Waals surface area contributed by atoms with E-state index in [0.717, 1.165) is 22.8 Å². The van der Waals surface area contributed by atoms with E-state index in [-0.39, 0.29) is 20.4 Å². The highest BCUT2D eigenvalue weighted by Crippen LogP contribution is 2.28. The number of hydrogen-bond donors (Lipinski definition) is 2. The number of rotatable bonds is 9. The summed E-state index contributed by atoms with van der Waals surface area (Å²) in [6.45, 7) is 5.06. The number of anilines is 2. The van der Waals surface area contributed by atoms with Gasteiger partial charge in [-0.05, 0) is 60.0 Å². The largest absolute Gasteiger partial charge is 0.321 e. The average Bonchev–Trinajstić information content (AvgIpc) is 3.33. The number of halogens is 1. The topological polar surface area (TPSA) is 113 Å². The molecule has 0 saturated carbocycles. The molecule has 37 heavy (non-hydrogen) atoms. The second kappa shape index (κ2) is 11.6. The van der Waals surface area contributed by atoms with E-state index < -0.39 is 31.1 Å². The van der Waals surface area contributed by atoms with Crippen LogP contribution in [-0.4, -0.2) is 57.6 Å². The molecule has 1 aromatic heterocycles. The molecule has 0 bridgehead atoms. The first kappa shape index (κ1) is 27.7. The van der Waals surface area contributed by atoms with Gasteiger partial charge in [-0.3, -0.25) is 14.4 Å². The molecule has 2 N–H and O–H groups in total. The van der Waals surface area contributed by atoms with Gasteiger partial charge < -0.3 is 5.32 Å². The SMILES string of the molecule is C=CC(N1CCSCC1)S(=O)(=O)c1ccc(NC(=O)c2sccc2NS(=O)(=O)c2ccc(Cl)cc2)cc1. The van der Waals surface area contributed by atoms with E-state index in [1.165, 1.54) is 60.7 Å². The quantitative estimate of drug-likeness (QED) is 0.341. The lowest BCUT2D eigenvalue weighted by Gasteiger charge is -2.32. The molecule has 8 nitrogen and oxygen atoms in total. The van der Waals surface area contributed by atoms with Gasteiger partial charge in [0.2, 0.25) is 0 Å². The van der Waals surface area contributed by atoms with Crippen molar-refractivity contribution in [2.45, 2.75) is 15.2 Å². The number of thioether (sulfide) groups is 1. The molecule has 196 valence electrons. The van der Waals surface area contributed by atoms with Crippen LogP contribution in [-0.2, 0) is 19.9 Å². The summed E-state index contributed by atoms with van der Waals surface area (Å²) in [6, 6.07) is 13.0. The third-order valence-corrected chi connectivity index (χ3v) is 11.2. The van der Waals surface area contributed by atoms with Crippen molar-refractivity contribution in [2.24, 2.45) is 0 Å². The highest BCUT2D eigenvalue weighted by atomic mass is 35.5. The summed E-state index contributed by atoms with van der Waals surface area (Å²) in [6.07, 6.45) is 1.45. The van der Waals surface area contributed by atoms with E-state index in [1.54, 1.807) is 17.1 Å². The van der Waals surface area contributed by atoms with E-state index in [2.05, 4.69) is 16.6 Å². The lowest BCUT2D eigenvalue weighted by atomic mass is 10.3. The van der Waals surface area contributed by atoms with Gasteiger partial charge in [-0.25, -0.2) is 16.8 Å². The van der Waals surface area contributed by atoms with Gasteiger partial charge in [0.15, 0.2) is 9.84 Å². The molecule has 1 fully saturated rings. The number of thiophene rings is 1. The van der Waals surface area contributed by atoms with Gasteiger partial charge in [-0.1, -0.05) is 17.7 Å². The minimum Gasteiger partial charge on any atom is -0.321 e. The second-order valence-electron chi connectivity index (χ2n) is 8.02. The zero-order valence-corrected chi connectivity index (χ0v) is 23.5. The summed E-state index contributed by atoms with van der Waals surface area (Å²) in [7, 11) is -7.63. The first-order valence-corrected chi connectivity index (χ1v) is 16.5. The second-order valence-corrected chi connectivity index (χ2v) is 14.3. The van der Waals surface area contributed by atoms with Crippen molar-refractivity contribution in [1.29, 1.82) is 0 Å². The van der Waals surface area contributed by atoms with Gasteiger partial charge in [0.25, 0.3) is 15.9 Å². The number of sulfonamides is 1. The molecular weight excluding hydrogens is 574 g/mol. The molecule has 2 heterocycles. The maximum atomic E-state index is 13.2. The fourth-order valence-electron chi connectivity index (χ4n) is 3.74. The summed E-state index contributed by atoms with van der Waals surface area (Å²) >= 11 is 8.69. The normalized spacial score (nSPS) is 15.6. The van der Waals surface area contributed by atoms with Crippen molar-refractivity contribution < 1.29 is 21.6 Å². The van der Waals surface area contributed by atoms with Crippen LogP contribution in [0.15, 0.2) is 82.4 Å². The molecular formula is C24H24ClN3O5S4. The number of amides is 1. The number of sulfone groups is 1. The molecule has 13 heteroatoms. The molecule has 1 saturated heterocycles. The number of nitrogens with one attached hydrogen (secondary N) is 2. The van der Waals surface area contributed by atoms with Gasteiger partial charge in [0.1, 0.15) is 10.3 Å². The van der Waals surface area contributed by atoms with E-state index in [1.807, 2.05) is 4.90 Å². The Balaban J connectivity index is 1.47. The predicted octanol–water partition coefficient (Wildman–Crippen LogP) is 4.79. The Bertz CT molecular complexity index is 1480. The van der Waals surface area contributed by atoms with Gasteiger partial charge >= 0.3 is 0 Å². The minimum atomic E-state index is -3.93. The van der Waals surface area contributed by atoms with Crippen LogP contribution in [0.5, 0.6) is 0 Å².